The fraction of sp³-hybridized carbons (Fsp3) is 0.286. The lowest BCUT2D eigenvalue weighted by Crippen LogP contribution is -2.28. The van der Waals surface area contributed by atoms with Gasteiger partial charge in [0.15, 0.2) is 11.6 Å². The van der Waals surface area contributed by atoms with Crippen molar-refractivity contribution in [2.75, 3.05) is 7.11 Å². The molecule has 5 heteroatoms. The summed E-state index contributed by atoms with van der Waals surface area (Å²) in [5.74, 6) is -0.404. The zero-order chi connectivity index (χ0) is 18.7. The molecule has 1 amide bonds. The molecule has 4 nitrogen and oxygen atoms in total. The van der Waals surface area contributed by atoms with E-state index in [0.717, 1.165) is 23.0 Å². The Morgan fingerprint density at radius 1 is 1.27 bits per heavy atom. The molecule has 0 aliphatic rings. The molecule has 0 spiro atoms. The first-order chi connectivity index (χ1) is 12.5. The van der Waals surface area contributed by atoms with Gasteiger partial charge >= 0.3 is 0 Å². The molecule has 0 saturated carbocycles. The second-order valence-corrected chi connectivity index (χ2v) is 6.30. The quantitative estimate of drug-likeness (QED) is 0.705. The number of methoxy groups -OCH3 is 1. The Hall–Kier alpha value is -2.82. The minimum atomic E-state index is -0.446. The van der Waals surface area contributed by atoms with E-state index in [9.17, 15) is 9.18 Å². The number of benzene rings is 2. The number of carbonyl (C=O) groups is 1. The zero-order valence-electron chi connectivity index (χ0n) is 15.1. The fourth-order valence-electron chi connectivity index (χ4n) is 2.99. The number of hydrogen-bond donors (Lipinski definition) is 1. The van der Waals surface area contributed by atoms with Crippen LogP contribution in [0.1, 0.15) is 36.6 Å². The first kappa shape index (κ1) is 18.0. The maximum Gasteiger partial charge on any atom is 0.225 e. The monoisotopic (exact) mass is 355 g/mol. The van der Waals surface area contributed by atoms with E-state index in [1.54, 1.807) is 18.4 Å². The van der Waals surface area contributed by atoms with Crippen LogP contribution in [0.3, 0.4) is 0 Å². The molecule has 2 aromatic carbocycles. The van der Waals surface area contributed by atoms with Crippen LogP contribution < -0.4 is 10.1 Å². The van der Waals surface area contributed by atoms with E-state index in [-0.39, 0.29) is 24.1 Å². The number of aryl methyl sites for hydroxylation is 1. The van der Waals surface area contributed by atoms with Crippen LogP contribution >= 0.6 is 0 Å². The molecule has 1 atom stereocenters. The second-order valence-electron chi connectivity index (χ2n) is 6.30. The highest BCUT2D eigenvalue weighted by Gasteiger charge is 2.15. The average Bonchev–Trinajstić information content (AvgIpc) is 3.03. The standard InChI is InChI=1S/C21H22FNO3/c1-4-14-5-7-17-16(12-26-20(17)9-14)11-21(24)23-13(2)15-6-8-19(25-3)18(22)10-15/h5-10,12-13H,4,11H2,1-3H3,(H,23,24)/t13-/m0/s1. The third-order valence-corrected chi connectivity index (χ3v) is 4.53. The largest absolute Gasteiger partial charge is 0.494 e. The summed E-state index contributed by atoms with van der Waals surface area (Å²) in [6.07, 6.45) is 2.77. The Kier molecular flexibility index (Phi) is 5.26. The molecular weight excluding hydrogens is 333 g/mol. The lowest BCUT2D eigenvalue weighted by Gasteiger charge is -2.15. The molecule has 0 fully saturated rings. The number of rotatable bonds is 6. The highest BCUT2D eigenvalue weighted by molar-refractivity contribution is 5.88. The Morgan fingerprint density at radius 3 is 2.77 bits per heavy atom. The lowest BCUT2D eigenvalue weighted by molar-refractivity contribution is -0.121. The second kappa shape index (κ2) is 7.60. The van der Waals surface area contributed by atoms with Gasteiger partial charge in [-0.2, -0.15) is 0 Å². The van der Waals surface area contributed by atoms with Gasteiger partial charge in [-0.05, 0) is 42.7 Å². The molecule has 0 aliphatic heterocycles. The Morgan fingerprint density at radius 2 is 2.08 bits per heavy atom. The summed E-state index contributed by atoms with van der Waals surface area (Å²) in [7, 11) is 1.42. The summed E-state index contributed by atoms with van der Waals surface area (Å²) in [5.41, 5.74) is 3.50. The lowest BCUT2D eigenvalue weighted by atomic mass is 10.1. The number of halogens is 1. The van der Waals surface area contributed by atoms with Crippen LogP contribution in [0, 0.1) is 5.82 Å². The molecule has 1 aromatic heterocycles. The predicted molar refractivity (Wildman–Crippen MR) is 98.8 cm³/mol. The third kappa shape index (κ3) is 3.72. The molecule has 136 valence electrons. The topological polar surface area (TPSA) is 51.5 Å². The first-order valence-corrected chi connectivity index (χ1v) is 8.63. The van der Waals surface area contributed by atoms with Crippen molar-refractivity contribution in [2.24, 2.45) is 0 Å². The minimum Gasteiger partial charge on any atom is -0.494 e. The van der Waals surface area contributed by atoms with Crippen LogP contribution in [0.2, 0.25) is 0 Å². The van der Waals surface area contributed by atoms with E-state index in [2.05, 4.69) is 12.2 Å². The number of furan rings is 1. The van der Waals surface area contributed by atoms with Gasteiger partial charge in [0.1, 0.15) is 5.58 Å². The normalized spacial score (nSPS) is 12.2. The molecule has 1 heterocycles. The van der Waals surface area contributed by atoms with Crippen LogP contribution in [0.4, 0.5) is 4.39 Å². The van der Waals surface area contributed by atoms with Crippen LogP contribution in [0.25, 0.3) is 11.0 Å². The van der Waals surface area contributed by atoms with E-state index in [4.69, 9.17) is 9.15 Å². The van der Waals surface area contributed by atoms with Crippen molar-refractivity contribution in [3.8, 4) is 5.75 Å². The molecule has 0 bridgehead atoms. The van der Waals surface area contributed by atoms with Gasteiger partial charge in [-0.15, -0.1) is 0 Å². The van der Waals surface area contributed by atoms with Crippen LogP contribution in [-0.2, 0) is 17.6 Å². The van der Waals surface area contributed by atoms with E-state index < -0.39 is 5.82 Å². The fourth-order valence-corrected chi connectivity index (χ4v) is 2.99. The highest BCUT2D eigenvalue weighted by Crippen LogP contribution is 2.24. The van der Waals surface area contributed by atoms with E-state index in [1.807, 2.05) is 25.1 Å². The smallest absolute Gasteiger partial charge is 0.225 e. The molecular formula is C21H22FNO3. The Labute approximate surface area is 152 Å². The van der Waals surface area contributed by atoms with Gasteiger partial charge < -0.3 is 14.5 Å². The molecule has 1 N–H and O–H groups in total. The first-order valence-electron chi connectivity index (χ1n) is 8.63. The zero-order valence-corrected chi connectivity index (χ0v) is 15.1. The van der Waals surface area contributed by atoms with Crippen LogP contribution in [0.15, 0.2) is 47.1 Å². The Balaban J connectivity index is 1.69. The van der Waals surface area contributed by atoms with Gasteiger partial charge in [-0.25, -0.2) is 4.39 Å². The predicted octanol–water partition coefficient (Wildman–Crippen LogP) is 4.56. The number of ether oxygens (including phenoxy) is 1. The van der Waals surface area contributed by atoms with Gasteiger partial charge in [0, 0.05) is 10.9 Å². The third-order valence-electron chi connectivity index (χ3n) is 4.53. The summed E-state index contributed by atoms with van der Waals surface area (Å²) in [6.45, 7) is 3.90. The molecule has 0 aliphatic carbocycles. The van der Waals surface area contributed by atoms with Gasteiger partial charge in [0.05, 0.1) is 25.8 Å². The van der Waals surface area contributed by atoms with Crippen molar-refractivity contribution in [3.63, 3.8) is 0 Å². The van der Waals surface area contributed by atoms with Crippen LogP contribution in [0.5, 0.6) is 5.75 Å². The van der Waals surface area contributed by atoms with Crippen molar-refractivity contribution < 1.29 is 18.3 Å². The summed E-state index contributed by atoms with van der Waals surface area (Å²) in [5, 5.41) is 3.84. The van der Waals surface area contributed by atoms with Crippen molar-refractivity contribution in [2.45, 2.75) is 32.7 Å². The summed E-state index contributed by atoms with van der Waals surface area (Å²) in [6, 6.07) is 10.4. The van der Waals surface area contributed by atoms with Crippen LogP contribution in [-0.4, -0.2) is 13.0 Å². The van der Waals surface area contributed by atoms with Crippen molar-refractivity contribution in [1.82, 2.24) is 5.32 Å². The van der Waals surface area contributed by atoms with Crippen molar-refractivity contribution in [1.29, 1.82) is 0 Å². The van der Waals surface area contributed by atoms with Gasteiger partial charge in [0.25, 0.3) is 0 Å². The maximum absolute atomic E-state index is 13.8. The summed E-state index contributed by atoms with van der Waals surface area (Å²) in [4.78, 5) is 12.4. The summed E-state index contributed by atoms with van der Waals surface area (Å²) >= 11 is 0. The van der Waals surface area contributed by atoms with Gasteiger partial charge in [-0.1, -0.05) is 25.1 Å². The highest BCUT2D eigenvalue weighted by atomic mass is 19.1. The number of nitrogens with one attached hydrogen (secondary N) is 1. The number of amides is 1. The van der Waals surface area contributed by atoms with E-state index >= 15 is 0 Å². The van der Waals surface area contributed by atoms with Crippen molar-refractivity contribution >= 4 is 16.9 Å². The van der Waals surface area contributed by atoms with Crippen molar-refractivity contribution in [3.05, 3.63) is 65.2 Å². The molecule has 3 rings (SSSR count). The number of fused-ring (bicyclic) bond motifs is 1. The van der Waals surface area contributed by atoms with E-state index in [0.29, 0.717) is 5.56 Å². The average molecular weight is 355 g/mol. The van der Waals surface area contributed by atoms with E-state index in [1.165, 1.54) is 18.7 Å². The van der Waals surface area contributed by atoms with Gasteiger partial charge in [-0.3, -0.25) is 4.79 Å². The minimum absolute atomic E-state index is 0.143. The number of carbonyl (C=O) groups excluding carboxylic acids is 1. The molecule has 3 aromatic rings. The SMILES string of the molecule is CCc1ccc2c(CC(=O)N[C@@H](C)c3ccc(OC)c(F)c3)coc2c1. The summed E-state index contributed by atoms with van der Waals surface area (Å²) < 4.78 is 24.3. The van der Waals surface area contributed by atoms with Gasteiger partial charge in [0.2, 0.25) is 5.91 Å². The molecule has 0 radical (unpaired) electrons. The molecule has 26 heavy (non-hydrogen) atoms. The Bertz CT molecular complexity index is 932. The molecule has 0 unspecified atom stereocenters. The number of hydrogen-bond acceptors (Lipinski definition) is 3. The molecule has 0 saturated heterocycles. The maximum atomic E-state index is 13.8.